The lowest BCUT2D eigenvalue weighted by atomic mass is 9.99. The first-order valence-corrected chi connectivity index (χ1v) is 7.58. The summed E-state index contributed by atoms with van der Waals surface area (Å²) in [6.07, 6.45) is 0.942. The molecule has 0 saturated heterocycles. The van der Waals surface area contributed by atoms with Crippen molar-refractivity contribution < 1.29 is 28.6 Å². The number of hydrogen-bond donors (Lipinski definition) is 0. The topological polar surface area (TPSA) is 78.9 Å². The van der Waals surface area contributed by atoms with Crippen molar-refractivity contribution in [3.05, 3.63) is 36.5 Å². The van der Waals surface area contributed by atoms with Gasteiger partial charge in [-0.1, -0.05) is 33.1 Å². The Morgan fingerprint density at radius 2 is 1.17 bits per heavy atom. The van der Waals surface area contributed by atoms with Gasteiger partial charge >= 0.3 is 17.9 Å². The summed E-state index contributed by atoms with van der Waals surface area (Å²) < 4.78 is 15.7. The molecule has 0 spiro atoms. The SMILES string of the molecule is C=C(C)C(=O)OCC(CCC)(COC(=O)C(=C)C)OC(=O)C(=C)C. The van der Waals surface area contributed by atoms with Crippen LogP contribution in [-0.2, 0) is 28.6 Å². The molecule has 0 rings (SSSR count). The molecule has 0 amide bonds. The molecule has 0 aromatic heterocycles. The first-order chi connectivity index (χ1) is 11.0. The Morgan fingerprint density at radius 3 is 1.46 bits per heavy atom. The molecule has 0 unspecified atom stereocenters. The number of esters is 3. The van der Waals surface area contributed by atoms with Gasteiger partial charge in [0.05, 0.1) is 0 Å². The zero-order valence-corrected chi connectivity index (χ0v) is 14.9. The van der Waals surface area contributed by atoms with Crippen LogP contribution in [0.1, 0.15) is 40.5 Å². The maximum atomic E-state index is 12.0. The van der Waals surface area contributed by atoms with Crippen molar-refractivity contribution in [1.29, 1.82) is 0 Å². The zero-order valence-electron chi connectivity index (χ0n) is 14.9. The Bertz CT molecular complexity index is 514. The number of rotatable bonds is 10. The van der Waals surface area contributed by atoms with Gasteiger partial charge in [-0.05, 0) is 27.2 Å². The van der Waals surface area contributed by atoms with Gasteiger partial charge in [0.2, 0.25) is 0 Å². The monoisotopic (exact) mass is 338 g/mol. The lowest BCUT2D eigenvalue weighted by Crippen LogP contribution is -2.45. The second-order valence-electron chi connectivity index (χ2n) is 5.82. The van der Waals surface area contributed by atoms with Gasteiger partial charge in [-0.3, -0.25) is 0 Å². The van der Waals surface area contributed by atoms with Crippen molar-refractivity contribution in [1.82, 2.24) is 0 Å². The number of hydrogen-bond acceptors (Lipinski definition) is 6. The molecule has 134 valence electrons. The molecule has 6 nitrogen and oxygen atoms in total. The second kappa shape index (κ2) is 9.70. The highest BCUT2D eigenvalue weighted by Gasteiger charge is 2.37. The molecule has 0 aliphatic rings. The largest absolute Gasteiger partial charge is 0.458 e. The molecule has 0 aliphatic heterocycles. The molecule has 0 atom stereocenters. The minimum absolute atomic E-state index is 0.188. The van der Waals surface area contributed by atoms with Gasteiger partial charge < -0.3 is 14.2 Å². The van der Waals surface area contributed by atoms with Crippen LogP contribution in [-0.4, -0.2) is 36.7 Å². The van der Waals surface area contributed by atoms with E-state index < -0.39 is 23.5 Å². The van der Waals surface area contributed by atoms with Crippen molar-refractivity contribution in [2.75, 3.05) is 13.2 Å². The van der Waals surface area contributed by atoms with Crippen molar-refractivity contribution in [2.45, 2.75) is 46.1 Å². The quantitative estimate of drug-likeness (QED) is 0.346. The Balaban J connectivity index is 5.35. The Morgan fingerprint density at radius 1 is 0.792 bits per heavy atom. The van der Waals surface area contributed by atoms with Crippen LogP contribution >= 0.6 is 0 Å². The molecular formula is C18H26O6. The van der Waals surface area contributed by atoms with Gasteiger partial charge in [0.15, 0.2) is 5.60 Å². The highest BCUT2D eigenvalue weighted by atomic mass is 16.6. The molecule has 0 heterocycles. The van der Waals surface area contributed by atoms with Gasteiger partial charge in [0.25, 0.3) is 0 Å². The third kappa shape index (κ3) is 7.26. The van der Waals surface area contributed by atoms with E-state index in [-0.39, 0.29) is 29.9 Å². The van der Waals surface area contributed by atoms with E-state index in [0.717, 1.165) is 0 Å². The van der Waals surface area contributed by atoms with Gasteiger partial charge in [0.1, 0.15) is 13.2 Å². The minimum atomic E-state index is -1.29. The van der Waals surface area contributed by atoms with Crippen molar-refractivity contribution in [3.8, 4) is 0 Å². The van der Waals surface area contributed by atoms with E-state index in [1.807, 2.05) is 6.92 Å². The third-order valence-corrected chi connectivity index (χ3v) is 2.99. The number of carbonyl (C=O) groups is 3. The molecule has 24 heavy (non-hydrogen) atoms. The van der Waals surface area contributed by atoms with Gasteiger partial charge in [-0.25, -0.2) is 14.4 Å². The van der Waals surface area contributed by atoms with E-state index in [1.54, 1.807) is 0 Å². The maximum Gasteiger partial charge on any atom is 0.333 e. The molecule has 0 bridgehead atoms. The maximum absolute atomic E-state index is 12.0. The Kier molecular flexibility index (Phi) is 8.74. The zero-order chi connectivity index (χ0) is 18.9. The summed E-state index contributed by atoms with van der Waals surface area (Å²) in [7, 11) is 0. The van der Waals surface area contributed by atoms with Crippen LogP contribution in [0.25, 0.3) is 0 Å². The predicted octanol–water partition coefficient (Wildman–Crippen LogP) is 2.88. The summed E-state index contributed by atoms with van der Waals surface area (Å²) in [4.78, 5) is 35.3. The van der Waals surface area contributed by atoms with Crippen LogP contribution in [0.2, 0.25) is 0 Å². The third-order valence-electron chi connectivity index (χ3n) is 2.99. The highest BCUT2D eigenvalue weighted by molar-refractivity contribution is 5.88. The van der Waals surface area contributed by atoms with Gasteiger partial charge in [0, 0.05) is 16.7 Å². The molecule has 0 radical (unpaired) electrons. The summed E-state index contributed by atoms with van der Waals surface area (Å²) in [5.74, 6) is -1.89. The van der Waals surface area contributed by atoms with E-state index in [2.05, 4.69) is 19.7 Å². The molecule has 0 aromatic rings. The van der Waals surface area contributed by atoms with Crippen LogP contribution in [0.3, 0.4) is 0 Å². The summed E-state index contributed by atoms with van der Waals surface area (Å²) >= 11 is 0. The van der Waals surface area contributed by atoms with Crippen LogP contribution in [0.4, 0.5) is 0 Å². The normalized spacial score (nSPS) is 10.5. The smallest absolute Gasteiger partial charge is 0.333 e. The van der Waals surface area contributed by atoms with Crippen molar-refractivity contribution in [2.24, 2.45) is 0 Å². The average molecular weight is 338 g/mol. The number of carbonyl (C=O) groups excluding carboxylic acids is 3. The fraction of sp³-hybridized carbons (Fsp3) is 0.500. The van der Waals surface area contributed by atoms with E-state index in [4.69, 9.17) is 14.2 Å². The van der Waals surface area contributed by atoms with E-state index in [9.17, 15) is 14.4 Å². The summed E-state index contributed by atoms with van der Waals surface area (Å²) in [6.45, 7) is 16.4. The lowest BCUT2D eigenvalue weighted by Gasteiger charge is -2.32. The van der Waals surface area contributed by atoms with E-state index >= 15 is 0 Å². The first-order valence-electron chi connectivity index (χ1n) is 7.58. The summed E-state index contributed by atoms with van der Waals surface area (Å²) in [5, 5.41) is 0. The minimum Gasteiger partial charge on any atom is -0.458 e. The van der Waals surface area contributed by atoms with Gasteiger partial charge in [-0.2, -0.15) is 0 Å². The van der Waals surface area contributed by atoms with Crippen LogP contribution in [0, 0.1) is 0 Å². The van der Waals surface area contributed by atoms with Crippen molar-refractivity contribution >= 4 is 17.9 Å². The summed E-state index contributed by atoms with van der Waals surface area (Å²) in [6, 6.07) is 0. The molecule has 0 saturated carbocycles. The Labute approximate surface area is 143 Å². The molecular weight excluding hydrogens is 312 g/mol. The van der Waals surface area contributed by atoms with E-state index in [0.29, 0.717) is 12.8 Å². The Hall–Kier alpha value is -2.37. The van der Waals surface area contributed by atoms with Crippen LogP contribution < -0.4 is 0 Å². The molecule has 0 N–H and O–H groups in total. The first kappa shape index (κ1) is 21.6. The fourth-order valence-electron chi connectivity index (χ4n) is 1.68. The molecule has 6 heteroatoms. The average Bonchev–Trinajstić information content (AvgIpc) is 2.49. The number of ether oxygens (including phenoxy) is 3. The van der Waals surface area contributed by atoms with Gasteiger partial charge in [-0.15, -0.1) is 0 Å². The highest BCUT2D eigenvalue weighted by Crippen LogP contribution is 2.22. The van der Waals surface area contributed by atoms with Crippen LogP contribution in [0.5, 0.6) is 0 Å². The molecule has 0 fully saturated rings. The second-order valence-corrected chi connectivity index (χ2v) is 5.82. The standard InChI is InChI=1S/C18H26O6/c1-8-9-18(24-17(21)14(6)7,10-22-15(19)12(2)3)11-23-16(20)13(4)5/h2,4,6,8-11H2,1,3,5,7H3. The lowest BCUT2D eigenvalue weighted by molar-refractivity contribution is -0.180. The summed E-state index contributed by atoms with van der Waals surface area (Å²) in [5.41, 5.74) is -0.676. The predicted molar refractivity (Wildman–Crippen MR) is 90.1 cm³/mol. The molecule has 0 aromatic carbocycles. The van der Waals surface area contributed by atoms with E-state index in [1.165, 1.54) is 20.8 Å². The molecule has 0 aliphatic carbocycles. The fourth-order valence-corrected chi connectivity index (χ4v) is 1.68. The van der Waals surface area contributed by atoms with Crippen molar-refractivity contribution in [3.63, 3.8) is 0 Å². The van der Waals surface area contributed by atoms with Crippen LogP contribution in [0.15, 0.2) is 36.5 Å².